The van der Waals surface area contributed by atoms with E-state index in [0.29, 0.717) is 0 Å². The number of hydrogen-bond acceptors (Lipinski definition) is 2. The third kappa shape index (κ3) is 2.45. The van der Waals surface area contributed by atoms with Gasteiger partial charge in [-0.15, -0.1) is 0 Å². The molecule has 3 heteroatoms. The second-order valence-electron chi connectivity index (χ2n) is 3.01. The predicted molar refractivity (Wildman–Crippen MR) is 38.2 cm³/mol. The Morgan fingerprint density at radius 3 is 1.75 bits per heavy atom. The van der Waals surface area contributed by atoms with E-state index >= 15 is 0 Å². The summed E-state index contributed by atoms with van der Waals surface area (Å²) >= 11 is 0. The summed E-state index contributed by atoms with van der Waals surface area (Å²) in [6.07, 6.45) is 0. The van der Waals surface area contributed by atoms with Gasteiger partial charge in [-0.1, -0.05) is 19.6 Å². The second-order valence-corrected chi connectivity index (χ2v) is 8.12. The van der Waals surface area contributed by atoms with Crippen molar-refractivity contribution in [2.24, 2.45) is 0 Å². The molecule has 0 fully saturated rings. The fourth-order valence-corrected chi connectivity index (χ4v) is 0.636. The summed E-state index contributed by atoms with van der Waals surface area (Å²) in [6.45, 7) is 6.78. The van der Waals surface area contributed by atoms with Gasteiger partial charge in [-0.05, 0) is 7.05 Å². The summed E-state index contributed by atoms with van der Waals surface area (Å²) in [6, 6.07) is 0. The van der Waals surface area contributed by atoms with E-state index in [0.717, 1.165) is 0 Å². The topological polar surface area (TPSA) is 23.5 Å². The van der Waals surface area contributed by atoms with Crippen LogP contribution in [-0.4, -0.2) is 31.7 Å². The van der Waals surface area contributed by atoms with Crippen molar-refractivity contribution in [1.29, 1.82) is 0 Å². The van der Waals surface area contributed by atoms with E-state index in [1.807, 2.05) is 11.6 Å². The maximum atomic E-state index is 8.63. The summed E-state index contributed by atoms with van der Waals surface area (Å²) in [5.74, 6) is 0. The molecule has 1 N–H and O–H groups in total. The molecule has 0 aliphatic rings. The SMILES string of the molecule is CN(CO)[Si](C)(C)C. The molecule has 0 saturated carbocycles. The summed E-state index contributed by atoms with van der Waals surface area (Å²) in [4.78, 5) is 0. The lowest BCUT2D eigenvalue weighted by molar-refractivity contribution is 0.194. The molecule has 0 rings (SSSR count). The van der Waals surface area contributed by atoms with Gasteiger partial charge in [-0.3, -0.25) is 0 Å². The fourth-order valence-electron chi connectivity index (χ4n) is 0.212. The van der Waals surface area contributed by atoms with E-state index in [4.69, 9.17) is 5.11 Å². The zero-order valence-electron chi connectivity index (χ0n) is 6.10. The Bertz CT molecular complexity index is 69.3. The Balaban J connectivity index is 3.62. The molecule has 0 aromatic carbocycles. The molecule has 0 atom stereocenters. The lowest BCUT2D eigenvalue weighted by Crippen LogP contribution is -2.43. The molecule has 0 heterocycles. The number of hydrogen-bond donors (Lipinski definition) is 1. The summed E-state index contributed by atoms with van der Waals surface area (Å²) in [5.41, 5.74) is 0. The highest BCUT2D eigenvalue weighted by Gasteiger charge is 2.17. The lowest BCUT2D eigenvalue weighted by Gasteiger charge is -2.27. The molecule has 0 unspecified atom stereocenters. The smallest absolute Gasteiger partial charge is 0.121 e. The zero-order valence-corrected chi connectivity index (χ0v) is 7.10. The van der Waals surface area contributed by atoms with Gasteiger partial charge >= 0.3 is 0 Å². The number of nitrogens with zero attached hydrogens (tertiary/aromatic N) is 1. The first kappa shape index (κ1) is 8.14. The first-order valence-corrected chi connectivity index (χ1v) is 6.25. The lowest BCUT2D eigenvalue weighted by atomic mass is 11.2. The molecule has 0 amide bonds. The molecular formula is C5H15NOSi. The Kier molecular flexibility index (Phi) is 2.66. The number of aliphatic hydroxyl groups excluding tert-OH is 1. The minimum Gasteiger partial charge on any atom is -0.382 e. The van der Waals surface area contributed by atoms with Crippen LogP contribution in [0.25, 0.3) is 0 Å². The van der Waals surface area contributed by atoms with Crippen LogP contribution in [0.4, 0.5) is 0 Å². The Labute approximate surface area is 52.2 Å². The third-order valence-electron chi connectivity index (χ3n) is 1.36. The van der Waals surface area contributed by atoms with Crippen LogP contribution in [0.1, 0.15) is 0 Å². The van der Waals surface area contributed by atoms with E-state index < -0.39 is 8.24 Å². The highest BCUT2D eigenvalue weighted by molar-refractivity contribution is 6.73. The molecule has 8 heavy (non-hydrogen) atoms. The van der Waals surface area contributed by atoms with E-state index in [2.05, 4.69) is 19.6 Å². The maximum Gasteiger partial charge on any atom is 0.121 e. The zero-order chi connectivity index (χ0) is 6.78. The first-order valence-electron chi connectivity index (χ1n) is 2.80. The number of aliphatic hydroxyl groups is 1. The molecule has 0 aliphatic heterocycles. The van der Waals surface area contributed by atoms with E-state index in [1.165, 1.54) is 0 Å². The van der Waals surface area contributed by atoms with Gasteiger partial charge in [0.25, 0.3) is 0 Å². The van der Waals surface area contributed by atoms with Crippen LogP contribution < -0.4 is 0 Å². The van der Waals surface area contributed by atoms with Crippen molar-refractivity contribution in [3.8, 4) is 0 Å². The molecule has 0 aromatic rings. The van der Waals surface area contributed by atoms with Gasteiger partial charge in [0.15, 0.2) is 0 Å². The van der Waals surface area contributed by atoms with Crippen molar-refractivity contribution in [1.82, 2.24) is 4.57 Å². The molecule has 0 saturated heterocycles. The van der Waals surface area contributed by atoms with Crippen molar-refractivity contribution in [3.63, 3.8) is 0 Å². The normalized spacial score (nSPS) is 12.8. The predicted octanol–water partition coefficient (Wildman–Crippen LogP) is 0.703. The molecule has 0 aromatic heterocycles. The van der Waals surface area contributed by atoms with Crippen molar-refractivity contribution >= 4 is 8.24 Å². The van der Waals surface area contributed by atoms with Crippen molar-refractivity contribution in [3.05, 3.63) is 0 Å². The van der Waals surface area contributed by atoms with Crippen LogP contribution in [-0.2, 0) is 0 Å². The van der Waals surface area contributed by atoms with Crippen LogP contribution >= 0.6 is 0 Å². The molecule has 50 valence electrons. The molecular weight excluding hydrogens is 118 g/mol. The second kappa shape index (κ2) is 2.62. The summed E-state index contributed by atoms with van der Waals surface area (Å²) in [7, 11) is 0.773. The van der Waals surface area contributed by atoms with Crippen LogP contribution in [0.3, 0.4) is 0 Å². The van der Waals surface area contributed by atoms with Crippen LogP contribution in [0.15, 0.2) is 0 Å². The van der Waals surface area contributed by atoms with Crippen molar-refractivity contribution in [2.75, 3.05) is 13.8 Å². The quantitative estimate of drug-likeness (QED) is 0.443. The molecule has 0 spiro atoms. The van der Waals surface area contributed by atoms with Crippen LogP contribution in [0, 0.1) is 0 Å². The van der Waals surface area contributed by atoms with E-state index in [1.54, 1.807) is 0 Å². The highest BCUT2D eigenvalue weighted by atomic mass is 28.3. The molecule has 0 aliphatic carbocycles. The van der Waals surface area contributed by atoms with E-state index in [-0.39, 0.29) is 6.73 Å². The molecule has 0 radical (unpaired) electrons. The molecule has 2 nitrogen and oxygen atoms in total. The fraction of sp³-hybridized carbons (Fsp3) is 1.00. The first-order chi connectivity index (χ1) is 3.48. The average Bonchev–Trinajstić information content (AvgIpc) is 1.62. The minimum atomic E-state index is -1.18. The largest absolute Gasteiger partial charge is 0.382 e. The minimum absolute atomic E-state index is 0.190. The molecule has 0 bridgehead atoms. The van der Waals surface area contributed by atoms with Gasteiger partial charge in [0.05, 0.1) is 6.73 Å². The van der Waals surface area contributed by atoms with Gasteiger partial charge in [0, 0.05) is 0 Å². The van der Waals surface area contributed by atoms with E-state index in [9.17, 15) is 0 Å². The van der Waals surface area contributed by atoms with Gasteiger partial charge in [0.2, 0.25) is 0 Å². The van der Waals surface area contributed by atoms with Gasteiger partial charge < -0.3 is 9.67 Å². The average molecular weight is 133 g/mol. The van der Waals surface area contributed by atoms with Gasteiger partial charge in [0.1, 0.15) is 8.24 Å². The third-order valence-corrected chi connectivity index (χ3v) is 3.79. The Morgan fingerprint density at radius 1 is 1.38 bits per heavy atom. The number of rotatable bonds is 2. The Hall–Kier alpha value is 0.137. The summed E-state index contributed by atoms with van der Waals surface area (Å²) in [5, 5.41) is 8.63. The summed E-state index contributed by atoms with van der Waals surface area (Å²) < 4.78 is 2.01. The van der Waals surface area contributed by atoms with Crippen LogP contribution in [0.2, 0.25) is 19.6 Å². The van der Waals surface area contributed by atoms with Crippen LogP contribution in [0.5, 0.6) is 0 Å². The highest BCUT2D eigenvalue weighted by Crippen LogP contribution is 2.03. The Morgan fingerprint density at radius 2 is 1.75 bits per heavy atom. The monoisotopic (exact) mass is 133 g/mol. The van der Waals surface area contributed by atoms with Gasteiger partial charge in [-0.2, -0.15) is 0 Å². The maximum absolute atomic E-state index is 8.63. The van der Waals surface area contributed by atoms with Crippen molar-refractivity contribution < 1.29 is 5.11 Å². The van der Waals surface area contributed by atoms with Gasteiger partial charge in [-0.25, -0.2) is 0 Å². The van der Waals surface area contributed by atoms with Crippen molar-refractivity contribution in [2.45, 2.75) is 19.6 Å². The standard InChI is InChI=1S/C5H15NOSi/c1-6(5-7)8(2,3)4/h7H,5H2,1-4H3.